The van der Waals surface area contributed by atoms with Gasteiger partial charge < -0.3 is 0 Å². The topological polar surface area (TPSA) is 0 Å². The zero-order chi connectivity index (χ0) is 8.23. The second kappa shape index (κ2) is 3.99. The molecule has 0 nitrogen and oxygen atoms in total. The minimum Gasteiger partial charge on any atom is -0.0776 e. The molecule has 0 aliphatic heterocycles. The van der Waals surface area contributed by atoms with E-state index < -0.39 is 0 Å². The van der Waals surface area contributed by atoms with Gasteiger partial charge in [-0.05, 0) is 18.4 Å². The van der Waals surface area contributed by atoms with Gasteiger partial charge in [-0.1, -0.05) is 48.8 Å². The van der Waals surface area contributed by atoms with Crippen LogP contribution < -0.4 is 0 Å². The largest absolute Gasteiger partial charge is 0.0776 e. The molecule has 0 aromatic carbocycles. The van der Waals surface area contributed by atoms with Gasteiger partial charge in [0.25, 0.3) is 0 Å². The smallest absolute Gasteiger partial charge is 0.0402 e. The van der Waals surface area contributed by atoms with Crippen molar-refractivity contribution < 1.29 is 0 Å². The van der Waals surface area contributed by atoms with Crippen LogP contribution in [0.3, 0.4) is 0 Å². The van der Waals surface area contributed by atoms with Crippen LogP contribution in [0.1, 0.15) is 37.6 Å². The first-order chi connectivity index (χ1) is 5.97. The minimum absolute atomic E-state index is 0.241. The average molecular weight is 176 g/mol. The third-order valence-corrected chi connectivity index (χ3v) is 5.55. The van der Waals surface area contributed by atoms with Crippen LogP contribution in [0.5, 0.6) is 0 Å². The molecule has 0 unspecified atom stereocenters. The fraction of sp³-hybridized carbons (Fsp3) is 0.545. The fourth-order valence-electron chi connectivity index (χ4n) is 2.16. The van der Waals surface area contributed by atoms with Crippen molar-refractivity contribution in [3.05, 3.63) is 29.6 Å². The van der Waals surface area contributed by atoms with Gasteiger partial charge in [-0.2, -0.15) is 0 Å². The van der Waals surface area contributed by atoms with E-state index in [9.17, 15) is 0 Å². The van der Waals surface area contributed by atoms with Crippen molar-refractivity contribution >= 4 is 8.40 Å². The molecular weight excluding hydrogens is 160 g/mol. The van der Waals surface area contributed by atoms with Crippen LogP contribution in [-0.4, -0.2) is 8.40 Å². The molecule has 1 aromatic heterocycles. The zero-order valence-electron chi connectivity index (χ0n) is 7.50. The second-order valence-electron chi connectivity index (χ2n) is 3.75. The summed E-state index contributed by atoms with van der Waals surface area (Å²) in [6.45, 7) is 0. The maximum Gasteiger partial charge on any atom is 0.0402 e. The monoisotopic (exact) mass is 176 g/mol. The van der Waals surface area contributed by atoms with Crippen LogP contribution in [-0.2, 0) is 0 Å². The summed E-state index contributed by atoms with van der Waals surface area (Å²) in [6, 6.07) is 6.63. The summed E-state index contributed by atoms with van der Waals surface area (Å²) in [4.78, 5) is 0. The number of hydrogen-bond acceptors (Lipinski definition) is 0. The molecule has 2 rings (SSSR count). The van der Waals surface area contributed by atoms with E-state index in [1.54, 1.807) is 0 Å². The van der Waals surface area contributed by atoms with Crippen molar-refractivity contribution in [1.82, 2.24) is 0 Å². The maximum atomic E-state index is 2.46. The summed E-state index contributed by atoms with van der Waals surface area (Å²) >= 11 is 0. The highest BCUT2D eigenvalue weighted by molar-refractivity contribution is 6.51. The molecule has 0 radical (unpaired) electrons. The van der Waals surface area contributed by atoms with E-state index in [0.717, 1.165) is 5.54 Å². The Kier molecular flexibility index (Phi) is 2.72. The van der Waals surface area contributed by atoms with Gasteiger partial charge in [-0.15, -0.1) is 0 Å². The van der Waals surface area contributed by atoms with Crippen LogP contribution in [0.2, 0.25) is 0 Å². The predicted molar refractivity (Wildman–Crippen MR) is 54.5 cm³/mol. The lowest BCUT2D eigenvalue weighted by Gasteiger charge is -2.21. The lowest BCUT2D eigenvalue weighted by molar-refractivity contribution is 0.481. The zero-order valence-corrected chi connectivity index (χ0v) is 8.50. The standard InChI is InChI=1S/C11H16Si/c1-3-7-11(8-4-1)12-9-5-2-6-10-12/h2,5-6,9-11H,1,3-4,7-8H2. The Morgan fingerprint density at radius 2 is 1.50 bits per heavy atom. The molecule has 0 bridgehead atoms. The van der Waals surface area contributed by atoms with Gasteiger partial charge in [0.1, 0.15) is 0 Å². The molecule has 1 heterocycles. The molecule has 1 aromatic rings. The highest BCUT2D eigenvalue weighted by atomic mass is 28.2. The molecule has 0 atom stereocenters. The van der Waals surface area contributed by atoms with Crippen molar-refractivity contribution in [2.24, 2.45) is 0 Å². The Morgan fingerprint density at radius 1 is 0.833 bits per heavy atom. The molecule has 0 saturated heterocycles. The van der Waals surface area contributed by atoms with Crippen LogP contribution in [0.4, 0.5) is 0 Å². The van der Waals surface area contributed by atoms with E-state index in [2.05, 4.69) is 29.6 Å². The molecular formula is C11H16Si. The molecule has 1 heteroatoms. The minimum atomic E-state index is -0.241. The van der Waals surface area contributed by atoms with E-state index in [1.807, 2.05) is 0 Å². The van der Waals surface area contributed by atoms with Gasteiger partial charge in [0.05, 0.1) is 0 Å². The normalized spacial score (nSPS) is 19.3. The van der Waals surface area contributed by atoms with Crippen molar-refractivity contribution in [2.45, 2.75) is 37.6 Å². The Morgan fingerprint density at radius 3 is 2.17 bits per heavy atom. The van der Waals surface area contributed by atoms with Crippen molar-refractivity contribution in [3.63, 3.8) is 0 Å². The lowest BCUT2D eigenvalue weighted by atomic mass is 10.0. The summed E-state index contributed by atoms with van der Waals surface area (Å²) in [6.07, 6.45) is 7.41. The highest BCUT2D eigenvalue weighted by Crippen LogP contribution is 2.26. The van der Waals surface area contributed by atoms with Gasteiger partial charge in [-0.3, -0.25) is 0 Å². The first-order valence-corrected chi connectivity index (χ1v) is 6.75. The predicted octanol–water partition coefficient (Wildman–Crippen LogP) is 3.22. The van der Waals surface area contributed by atoms with E-state index in [1.165, 1.54) is 32.1 Å². The van der Waals surface area contributed by atoms with Gasteiger partial charge in [0.2, 0.25) is 0 Å². The van der Waals surface area contributed by atoms with Crippen molar-refractivity contribution in [3.8, 4) is 0 Å². The molecule has 1 fully saturated rings. The third-order valence-electron chi connectivity index (χ3n) is 2.88. The molecule has 0 spiro atoms. The molecule has 64 valence electrons. The summed E-state index contributed by atoms with van der Waals surface area (Å²) < 4.78 is 0. The first-order valence-electron chi connectivity index (χ1n) is 5.02. The summed E-state index contributed by atoms with van der Waals surface area (Å²) in [5.41, 5.74) is 5.96. The van der Waals surface area contributed by atoms with Gasteiger partial charge in [0.15, 0.2) is 0 Å². The fourth-order valence-corrected chi connectivity index (χ4v) is 4.56. The molecule has 12 heavy (non-hydrogen) atoms. The molecule has 1 aliphatic carbocycles. The van der Waals surface area contributed by atoms with Crippen LogP contribution in [0.25, 0.3) is 0 Å². The third kappa shape index (κ3) is 1.83. The SMILES string of the molecule is c1cc[si](C2CCCCC2)cc1. The Labute approximate surface area is 76.2 Å². The highest BCUT2D eigenvalue weighted by Gasteiger charge is 2.14. The number of rotatable bonds is 1. The summed E-state index contributed by atoms with van der Waals surface area (Å²) in [5, 5.41) is 0. The van der Waals surface area contributed by atoms with Gasteiger partial charge in [0, 0.05) is 8.40 Å². The van der Waals surface area contributed by atoms with E-state index in [-0.39, 0.29) is 8.40 Å². The van der Waals surface area contributed by atoms with Crippen LogP contribution in [0.15, 0.2) is 29.6 Å². The van der Waals surface area contributed by atoms with E-state index >= 15 is 0 Å². The Balaban J connectivity index is 2.08. The summed E-state index contributed by atoms with van der Waals surface area (Å²) in [7, 11) is -0.241. The Bertz CT molecular complexity index is 224. The average Bonchev–Trinajstić information content (AvgIpc) is 2.21. The van der Waals surface area contributed by atoms with Crippen LogP contribution in [0, 0.1) is 0 Å². The van der Waals surface area contributed by atoms with E-state index in [4.69, 9.17) is 0 Å². The first kappa shape index (κ1) is 8.18. The molecule has 0 N–H and O–H groups in total. The van der Waals surface area contributed by atoms with E-state index in [0.29, 0.717) is 0 Å². The van der Waals surface area contributed by atoms with Gasteiger partial charge in [-0.25, -0.2) is 0 Å². The molecule has 0 amide bonds. The Hall–Kier alpha value is -0.433. The van der Waals surface area contributed by atoms with Crippen molar-refractivity contribution in [2.75, 3.05) is 0 Å². The lowest BCUT2D eigenvalue weighted by Crippen LogP contribution is -2.13. The maximum absolute atomic E-state index is 2.46. The molecule has 1 saturated carbocycles. The quantitative estimate of drug-likeness (QED) is 0.576. The van der Waals surface area contributed by atoms with Gasteiger partial charge >= 0.3 is 0 Å². The summed E-state index contributed by atoms with van der Waals surface area (Å²) in [5.74, 6) is 0. The second-order valence-corrected chi connectivity index (χ2v) is 6.23. The van der Waals surface area contributed by atoms with Crippen molar-refractivity contribution in [1.29, 1.82) is 0 Å². The number of hydrogen-bond donors (Lipinski definition) is 0. The molecule has 1 aliphatic rings. The van der Waals surface area contributed by atoms with Crippen LogP contribution >= 0.6 is 0 Å².